The van der Waals surface area contributed by atoms with Crippen molar-refractivity contribution in [2.45, 2.75) is 33.2 Å². The van der Waals surface area contributed by atoms with Crippen LogP contribution in [0.3, 0.4) is 0 Å². The number of fused-ring (bicyclic) bond motifs is 1. The zero-order valence-corrected chi connectivity index (χ0v) is 18.3. The van der Waals surface area contributed by atoms with Crippen LogP contribution in [-0.2, 0) is 17.8 Å². The molecular weight excluding hydrogens is 414 g/mol. The molecule has 0 saturated carbocycles. The Hall–Kier alpha value is -3.46. The highest BCUT2D eigenvalue weighted by atomic mass is 32.1. The predicted molar refractivity (Wildman–Crippen MR) is 124 cm³/mol. The van der Waals surface area contributed by atoms with Crippen LogP contribution in [-0.4, -0.2) is 34.6 Å². The number of urea groups is 1. The molecule has 0 bridgehead atoms. The molecule has 0 fully saturated rings. The second-order valence-corrected chi connectivity index (χ2v) is 8.06. The van der Waals surface area contributed by atoms with E-state index in [1.165, 1.54) is 0 Å². The van der Waals surface area contributed by atoms with Crippen molar-refractivity contribution in [1.29, 1.82) is 0 Å². The second-order valence-electron chi connectivity index (χ2n) is 6.94. The normalized spacial score (nSPS) is 11.4. The van der Waals surface area contributed by atoms with Crippen LogP contribution in [0, 0.1) is 6.92 Å². The molecule has 0 radical (unpaired) electrons. The van der Waals surface area contributed by atoms with Gasteiger partial charge in [-0.05, 0) is 37.1 Å². The number of nitrogens with one attached hydrogen (secondary N) is 3. The number of carbonyl (C=O) groups excluding carboxylic acids is 1. The zero-order valence-electron chi connectivity index (χ0n) is 17.4. The minimum Gasteiger partial charge on any atom is -0.481 e. The summed E-state index contributed by atoms with van der Waals surface area (Å²) < 4.78 is 1.05. The number of aryl methyl sites for hydroxylation is 2. The molecule has 2 amide bonds. The standard InChI is InChI=1S/C22H25N5O3S/c1-3-19-26-17-9-8-16(12-18(17)31-19)25-21(27-22(30)23-11-10-20(28)29)24-13-15-6-4-14(2)5-7-15/h4-9,12H,3,10-11,13H2,1-2H3,(H,28,29)(H3,23,24,25,27,30). The van der Waals surface area contributed by atoms with E-state index in [1.54, 1.807) is 11.3 Å². The summed E-state index contributed by atoms with van der Waals surface area (Å²) in [5.74, 6) is -0.705. The highest BCUT2D eigenvalue weighted by Gasteiger charge is 2.09. The van der Waals surface area contributed by atoms with Gasteiger partial charge in [-0.15, -0.1) is 11.3 Å². The first kappa shape index (κ1) is 22.2. The summed E-state index contributed by atoms with van der Waals surface area (Å²) in [5, 5.41) is 18.1. The summed E-state index contributed by atoms with van der Waals surface area (Å²) >= 11 is 1.63. The van der Waals surface area contributed by atoms with Crippen molar-refractivity contribution in [3.63, 3.8) is 0 Å². The van der Waals surface area contributed by atoms with Crippen LogP contribution in [0.1, 0.15) is 29.5 Å². The van der Waals surface area contributed by atoms with Crippen molar-refractivity contribution < 1.29 is 14.7 Å². The lowest BCUT2D eigenvalue weighted by Crippen LogP contribution is -2.43. The molecule has 3 aromatic rings. The number of carboxylic acids is 1. The lowest BCUT2D eigenvalue weighted by atomic mass is 10.1. The third-order valence-corrected chi connectivity index (χ3v) is 5.56. The van der Waals surface area contributed by atoms with Crippen molar-refractivity contribution in [3.8, 4) is 0 Å². The number of thiazole rings is 1. The summed E-state index contributed by atoms with van der Waals surface area (Å²) in [4.78, 5) is 31.9. The molecule has 0 aliphatic carbocycles. The third kappa shape index (κ3) is 6.78. The van der Waals surface area contributed by atoms with Crippen molar-refractivity contribution >= 4 is 45.2 Å². The van der Waals surface area contributed by atoms with Crippen LogP contribution >= 0.6 is 11.3 Å². The minimum atomic E-state index is -0.976. The van der Waals surface area contributed by atoms with Crippen LogP contribution in [0.15, 0.2) is 47.5 Å². The molecule has 0 saturated heterocycles. The van der Waals surface area contributed by atoms with Gasteiger partial charge in [-0.3, -0.25) is 10.1 Å². The molecule has 9 heteroatoms. The number of amides is 2. The van der Waals surface area contributed by atoms with Gasteiger partial charge < -0.3 is 15.7 Å². The Kier molecular flexibility index (Phi) is 7.55. The fourth-order valence-corrected chi connectivity index (χ4v) is 3.69. The van der Waals surface area contributed by atoms with Crippen molar-refractivity contribution in [2.75, 3.05) is 11.9 Å². The van der Waals surface area contributed by atoms with Crippen molar-refractivity contribution in [2.24, 2.45) is 4.99 Å². The van der Waals surface area contributed by atoms with E-state index in [9.17, 15) is 9.59 Å². The van der Waals surface area contributed by atoms with Crippen LogP contribution in [0.25, 0.3) is 10.2 Å². The van der Waals surface area contributed by atoms with Crippen molar-refractivity contribution in [1.82, 2.24) is 15.6 Å². The summed E-state index contributed by atoms with van der Waals surface area (Å²) in [7, 11) is 0. The van der Waals surface area contributed by atoms with Crippen LogP contribution < -0.4 is 16.0 Å². The quantitative estimate of drug-likeness (QED) is 0.329. The number of hydrogen-bond acceptors (Lipinski definition) is 5. The first-order chi connectivity index (χ1) is 14.9. The number of hydrogen-bond donors (Lipinski definition) is 4. The maximum atomic E-state index is 12.2. The summed E-state index contributed by atoms with van der Waals surface area (Å²) in [6.07, 6.45) is 0.724. The number of carboxylic acid groups (broad SMARTS) is 1. The first-order valence-corrected chi connectivity index (χ1v) is 10.8. The largest absolute Gasteiger partial charge is 0.481 e. The molecule has 1 aromatic heterocycles. The van der Waals surface area contributed by atoms with Crippen LogP contribution in [0.2, 0.25) is 0 Å². The van der Waals surface area contributed by atoms with Gasteiger partial charge in [0, 0.05) is 12.2 Å². The molecular formula is C22H25N5O3S. The van der Waals surface area contributed by atoms with Gasteiger partial charge >= 0.3 is 12.0 Å². The molecule has 162 valence electrons. The molecule has 3 rings (SSSR count). The average molecular weight is 440 g/mol. The van der Waals surface area contributed by atoms with Crippen LogP contribution in [0.5, 0.6) is 0 Å². The number of guanidine groups is 1. The molecule has 0 atom stereocenters. The van der Waals surface area contributed by atoms with Gasteiger partial charge in [0.2, 0.25) is 5.96 Å². The zero-order chi connectivity index (χ0) is 22.2. The fourth-order valence-electron chi connectivity index (χ4n) is 2.75. The molecule has 0 aliphatic rings. The highest BCUT2D eigenvalue weighted by molar-refractivity contribution is 7.18. The Labute approximate surface area is 184 Å². The number of aromatic nitrogens is 1. The molecule has 4 N–H and O–H groups in total. The van der Waals surface area contributed by atoms with Gasteiger partial charge in [0.25, 0.3) is 0 Å². The number of aliphatic carboxylic acids is 1. The molecule has 0 unspecified atom stereocenters. The number of rotatable bonds is 7. The van der Waals surface area contributed by atoms with Gasteiger partial charge in [-0.1, -0.05) is 36.8 Å². The van der Waals surface area contributed by atoms with E-state index in [0.717, 1.165) is 38.5 Å². The first-order valence-electron chi connectivity index (χ1n) is 9.96. The molecule has 0 aliphatic heterocycles. The molecule has 1 heterocycles. The fraction of sp³-hybridized carbons (Fsp3) is 0.273. The van der Waals surface area contributed by atoms with Crippen molar-refractivity contribution in [3.05, 3.63) is 58.6 Å². The SMILES string of the molecule is CCc1nc2ccc(NC(=NCc3ccc(C)cc3)NC(=O)NCCC(=O)O)cc2s1. The van der Waals surface area contributed by atoms with E-state index in [0.29, 0.717) is 6.54 Å². The Morgan fingerprint density at radius 2 is 1.94 bits per heavy atom. The van der Waals surface area contributed by atoms with E-state index in [1.807, 2.05) is 49.4 Å². The Balaban J connectivity index is 1.75. The number of anilines is 1. The monoisotopic (exact) mass is 439 g/mol. The highest BCUT2D eigenvalue weighted by Crippen LogP contribution is 2.25. The van der Waals surface area contributed by atoms with Gasteiger partial charge in [0.1, 0.15) is 0 Å². The average Bonchev–Trinajstić information content (AvgIpc) is 3.15. The van der Waals surface area contributed by atoms with Gasteiger partial charge in [-0.25, -0.2) is 14.8 Å². The van der Waals surface area contributed by atoms with Gasteiger partial charge in [-0.2, -0.15) is 0 Å². The minimum absolute atomic E-state index is 0.0268. The van der Waals surface area contributed by atoms with E-state index < -0.39 is 12.0 Å². The lowest BCUT2D eigenvalue weighted by Gasteiger charge is -2.12. The third-order valence-electron chi connectivity index (χ3n) is 4.39. The summed E-state index contributed by atoms with van der Waals surface area (Å²) in [6, 6.07) is 13.2. The molecule has 0 spiro atoms. The topological polar surface area (TPSA) is 116 Å². The Morgan fingerprint density at radius 3 is 2.65 bits per heavy atom. The number of aliphatic imine (C=N–C) groups is 1. The van der Waals surface area contributed by atoms with Crippen LogP contribution in [0.4, 0.5) is 10.5 Å². The Bertz CT molecular complexity index is 1090. The van der Waals surface area contributed by atoms with E-state index >= 15 is 0 Å². The summed E-state index contributed by atoms with van der Waals surface area (Å²) in [5.41, 5.74) is 3.87. The number of nitrogens with zero attached hydrogens (tertiary/aromatic N) is 2. The number of benzene rings is 2. The maximum absolute atomic E-state index is 12.2. The smallest absolute Gasteiger partial charge is 0.321 e. The van der Waals surface area contributed by atoms with E-state index in [4.69, 9.17) is 5.11 Å². The molecule has 2 aromatic carbocycles. The molecule has 31 heavy (non-hydrogen) atoms. The van der Waals surface area contributed by atoms with Gasteiger partial charge in [0.05, 0.1) is 28.2 Å². The summed E-state index contributed by atoms with van der Waals surface area (Å²) in [6.45, 7) is 4.49. The maximum Gasteiger partial charge on any atom is 0.321 e. The predicted octanol–water partition coefficient (Wildman–Crippen LogP) is 3.91. The van der Waals surface area contributed by atoms with Gasteiger partial charge in [0.15, 0.2) is 0 Å². The van der Waals surface area contributed by atoms with E-state index in [2.05, 4.69) is 32.9 Å². The Morgan fingerprint density at radius 1 is 1.16 bits per heavy atom. The lowest BCUT2D eigenvalue weighted by molar-refractivity contribution is -0.136. The van der Waals surface area contributed by atoms with E-state index in [-0.39, 0.29) is 18.9 Å². The number of carbonyl (C=O) groups is 2. The molecule has 8 nitrogen and oxygen atoms in total. The second kappa shape index (κ2) is 10.5.